The number of hydrogen-bond acceptors (Lipinski definition) is 4. The number of aliphatic imine (C=N–C) groups is 1. The smallest absolute Gasteiger partial charge is 0.246 e. The zero-order chi connectivity index (χ0) is 18.9. The number of nitrogens with one attached hydrogen (secondary N) is 1. The lowest BCUT2D eigenvalue weighted by molar-refractivity contribution is -0.117. The number of carbonyl (C=O) groups excluding carboxylic acids is 1. The molecule has 3 rings (SSSR count). The molecule has 0 radical (unpaired) electrons. The van der Waals surface area contributed by atoms with Crippen molar-refractivity contribution in [3.63, 3.8) is 0 Å². The van der Waals surface area contributed by atoms with Gasteiger partial charge in [-0.05, 0) is 31.9 Å². The third-order valence-corrected chi connectivity index (χ3v) is 7.67. The Morgan fingerprint density at radius 1 is 1.27 bits per heavy atom. The van der Waals surface area contributed by atoms with Crippen LogP contribution in [0.5, 0.6) is 0 Å². The van der Waals surface area contributed by atoms with Gasteiger partial charge in [-0.25, -0.2) is 8.42 Å². The largest absolute Gasteiger partial charge is 0.347 e. The summed E-state index contributed by atoms with van der Waals surface area (Å²) in [6.45, 7) is 5.02. The molecule has 1 aromatic carbocycles. The molecule has 0 atom stereocenters. The lowest BCUT2D eigenvalue weighted by Crippen LogP contribution is -2.58. The molecule has 0 bridgehead atoms. The van der Waals surface area contributed by atoms with Crippen LogP contribution in [-0.2, 0) is 21.1 Å². The maximum absolute atomic E-state index is 12.6. The van der Waals surface area contributed by atoms with Gasteiger partial charge in [-0.1, -0.05) is 18.2 Å². The van der Waals surface area contributed by atoms with Crippen molar-refractivity contribution in [1.82, 2.24) is 10.2 Å². The lowest BCUT2D eigenvalue weighted by Gasteiger charge is -2.39. The first-order chi connectivity index (χ1) is 12.2. The van der Waals surface area contributed by atoms with Crippen molar-refractivity contribution in [2.24, 2.45) is 4.99 Å². The molecule has 0 unspecified atom stereocenters. The average molecular weight is 378 g/mol. The Morgan fingerprint density at radius 3 is 2.69 bits per heavy atom. The van der Waals surface area contributed by atoms with E-state index < -0.39 is 14.6 Å². The van der Waals surface area contributed by atoms with Crippen LogP contribution in [-0.4, -0.2) is 68.9 Å². The third-order valence-electron chi connectivity index (χ3n) is 5.14. The maximum atomic E-state index is 12.6. The topological polar surface area (TPSA) is 82.1 Å². The molecule has 1 fully saturated rings. The van der Waals surface area contributed by atoms with Crippen LogP contribution in [0.25, 0.3) is 0 Å². The maximum Gasteiger partial charge on any atom is 0.246 e. The molecule has 1 N–H and O–H groups in total. The van der Waals surface area contributed by atoms with Gasteiger partial charge in [0.1, 0.15) is 0 Å². The van der Waals surface area contributed by atoms with Gasteiger partial charge < -0.3 is 15.1 Å². The number of anilines is 1. The third kappa shape index (κ3) is 3.42. The van der Waals surface area contributed by atoms with Crippen LogP contribution in [0.1, 0.15) is 19.4 Å². The number of carbonyl (C=O) groups is 1. The van der Waals surface area contributed by atoms with Gasteiger partial charge in [-0.3, -0.25) is 9.79 Å². The van der Waals surface area contributed by atoms with E-state index in [-0.39, 0.29) is 18.2 Å². The molecule has 1 amide bonds. The van der Waals surface area contributed by atoms with Gasteiger partial charge in [-0.15, -0.1) is 0 Å². The molecule has 0 aromatic heterocycles. The van der Waals surface area contributed by atoms with E-state index in [1.807, 2.05) is 29.2 Å². The molecular formula is C18H26N4O3S. The van der Waals surface area contributed by atoms with Crippen LogP contribution in [0, 0.1) is 0 Å². The van der Waals surface area contributed by atoms with Crippen molar-refractivity contribution in [3.8, 4) is 0 Å². The standard InChI is InChI=1S/C18H26N4O3S/c1-18(2)13-21(10-11-26(18,24)25)17(19-3)20-12-16(23)22-9-8-14-6-4-5-7-15(14)22/h4-7H,8-13H2,1-3H3,(H,19,20). The quantitative estimate of drug-likeness (QED) is 0.604. The van der Waals surface area contributed by atoms with Gasteiger partial charge in [0.25, 0.3) is 0 Å². The predicted molar refractivity (Wildman–Crippen MR) is 103 cm³/mol. The second kappa shape index (κ2) is 6.90. The molecule has 2 aliphatic rings. The fourth-order valence-corrected chi connectivity index (χ4v) is 4.87. The second-order valence-corrected chi connectivity index (χ2v) is 10.1. The van der Waals surface area contributed by atoms with E-state index in [1.54, 1.807) is 25.8 Å². The Morgan fingerprint density at radius 2 is 2.00 bits per heavy atom. The van der Waals surface area contributed by atoms with Crippen LogP contribution in [0.4, 0.5) is 5.69 Å². The molecule has 0 saturated carbocycles. The van der Waals surface area contributed by atoms with Crippen molar-refractivity contribution in [2.75, 3.05) is 43.9 Å². The van der Waals surface area contributed by atoms with Crippen LogP contribution in [0.2, 0.25) is 0 Å². The molecule has 142 valence electrons. The molecule has 1 aromatic rings. The van der Waals surface area contributed by atoms with E-state index in [4.69, 9.17) is 0 Å². The minimum absolute atomic E-state index is 0.0139. The first-order valence-corrected chi connectivity index (χ1v) is 10.5. The Labute approximate surface area is 155 Å². The summed E-state index contributed by atoms with van der Waals surface area (Å²) in [5, 5.41) is 3.10. The number of fused-ring (bicyclic) bond motifs is 1. The van der Waals surface area contributed by atoms with Crippen LogP contribution < -0.4 is 10.2 Å². The zero-order valence-electron chi connectivity index (χ0n) is 15.5. The van der Waals surface area contributed by atoms with Crippen molar-refractivity contribution < 1.29 is 13.2 Å². The molecular weight excluding hydrogens is 352 g/mol. The Hall–Kier alpha value is -2.09. The molecule has 2 heterocycles. The number of guanidine groups is 1. The summed E-state index contributed by atoms with van der Waals surface area (Å²) >= 11 is 0. The van der Waals surface area contributed by atoms with Gasteiger partial charge in [0.15, 0.2) is 15.8 Å². The highest BCUT2D eigenvalue weighted by atomic mass is 32.2. The van der Waals surface area contributed by atoms with Crippen molar-refractivity contribution in [1.29, 1.82) is 0 Å². The number of nitrogens with zero attached hydrogens (tertiary/aromatic N) is 3. The summed E-state index contributed by atoms with van der Waals surface area (Å²) in [7, 11) is -1.47. The summed E-state index contributed by atoms with van der Waals surface area (Å²) in [5.74, 6) is 0.641. The van der Waals surface area contributed by atoms with Crippen molar-refractivity contribution in [3.05, 3.63) is 29.8 Å². The highest BCUT2D eigenvalue weighted by Crippen LogP contribution is 2.27. The minimum atomic E-state index is -3.11. The number of sulfone groups is 1. The first kappa shape index (κ1) is 18.7. The fraction of sp³-hybridized carbons (Fsp3) is 0.556. The van der Waals surface area contributed by atoms with Gasteiger partial charge in [0, 0.05) is 32.4 Å². The van der Waals surface area contributed by atoms with Crippen LogP contribution in [0.15, 0.2) is 29.3 Å². The van der Waals surface area contributed by atoms with E-state index in [2.05, 4.69) is 10.3 Å². The van der Waals surface area contributed by atoms with E-state index in [0.717, 1.165) is 12.1 Å². The van der Waals surface area contributed by atoms with Gasteiger partial charge in [0.05, 0.1) is 17.0 Å². The summed E-state index contributed by atoms with van der Waals surface area (Å²) in [4.78, 5) is 20.6. The summed E-state index contributed by atoms with van der Waals surface area (Å²) in [6.07, 6.45) is 0.870. The van der Waals surface area contributed by atoms with E-state index in [9.17, 15) is 13.2 Å². The highest BCUT2D eigenvalue weighted by molar-refractivity contribution is 7.92. The summed E-state index contributed by atoms with van der Waals surface area (Å²) in [6, 6.07) is 7.93. The molecule has 2 aliphatic heterocycles. The summed E-state index contributed by atoms with van der Waals surface area (Å²) in [5.41, 5.74) is 2.16. The van der Waals surface area contributed by atoms with E-state index in [0.29, 0.717) is 25.6 Å². The molecule has 0 aliphatic carbocycles. The molecule has 7 nitrogen and oxygen atoms in total. The number of para-hydroxylation sites is 1. The average Bonchev–Trinajstić information content (AvgIpc) is 3.02. The van der Waals surface area contributed by atoms with Gasteiger partial charge in [0.2, 0.25) is 5.91 Å². The fourth-order valence-electron chi connectivity index (χ4n) is 3.50. The Balaban J connectivity index is 1.63. The molecule has 0 spiro atoms. The van der Waals surface area contributed by atoms with E-state index >= 15 is 0 Å². The highest BCUT2D eigenvalue weighted by Gasteiger charge is 2.41. The molecule has 1 saturated heterocycles. The minimum Gasteiger partial charge on any atom is -0.347 e. The monoisotopic (exact) mass is 378 g/mol. The predicted octanol–water partition coefficient (Wildman–Crippen LogP) is 0.660. The molecule has 26 heavy (non-hydrogen) atoms. The SMILES string of the molecule is CN=C(NCC(=O)N1CCc2ccccc21)N1CCS(=O)(=O)C(C)(C)C1. The summed E-state index contributed by atoms with van der Waals surface area (Å²) < 4.78 is 23.5. The Bertz CT molecular complexity index is 833. The number of hydrogen-bond donors (Lipinski definition) is 1. The van der Waals surface area contributed by atoms with Crippen LogP contribution in [0.3, 0.4) is 0 Å². The van der Waals surface area contributed by atoms with Crippen molar-refractivity contribution >= 4 is 27.4 Å². The van der Waals surface area contributed by atoms with E-state index in [1.165, 1.54) is 5.56 Å². The number of rotatable bonds is 2. The molecule has 8 heteroatoms. The Kier molecular flexibility index (Phi) is 4.96. The zero-order valence-corrected chi connectivity index (χ0v) is 16.3. The van der Waals surface area contributed by atoms with Crippen LogP contribution >= 0.6 is 0 Å². The second-order valence-electron chi connectivity index (χ2n) is 7.32. The van der Waals surface area contributed by atoms with Crippen molar-refractivity contribution in [2.45, 2.75) is 25.0 Å². The number of benzene rings is 1. The van der Waals surface area contributed by atoms with Gasteiger partial charge >= 0.3 is 0 Å². The first-order valence-electron chi connectivity index (χ1n) is 8.81. The lowest BCUT2D eigenvalue weighted by atomic mass is 10.2. The number of amides is 1. The van der Waals surface area contributed by atoms with Gasteiger partial charge in [-0.2, -0.15) is 0 Å². The normalized spacial score (nSPS) is 21.4.